The number of rotatable bonds is 5. The van der Waals surface area contributed by atoms with Gasteiger partial charge in [-0.1, -0.05) is 0 Å². The van der Waals surface area contributed by atoms with Gasteiger partial charge in [-0.25, -0.2) is 4.79 Å². The van der Waals surface area contributed by atoms with Crippen molar-refractivity contribution in [2.24, 2.45) is 5.92 Å². The molecule has 0 atom stereocenters. The molecule has 0 unspecified atom stereocenters. The van der Waals surface area contributed by atoms with Crippen LogP contribution in [-0.2, 0) is 6.54 Å². The number of nitrogens with one attached hydrogen (secondary N) is 1. The van der Waals surface area contributed by atoms with Crippen molar-refractivity contribution in [3.05, 3.63) is 23.7 Å². The zero-order valence-corrected chi connectivity index (χ0v) is 10.7. The summed E-state index contributed by atoms with van der Waals surface area (Å²) in [4.78, 5) is 13.2. The maximum Gasteiger partial charge on any atom is 0.339 e. The molecular weight excluding hydrogens is 232 g/mol. The zero-order valence-electron chi connectivity index (χ0n) is 10.7. The minimum absolute atomic E-state index is 0.255. The van der Waals surface area contributed by atoms with Gasteiger partial charge in [-0.3, -0.25) is 0 Å². The van der Waals surface area contributed by atoms with Crippen LogP contribution in [0, 0.1) is 5.92 Å². The number of likely N-dealkylation sites (tertiary alicyclic amines) is 1. The second-order valence-electron chi connectivity index (χ2n) is 4.94. The van der Waals surface area contributed by atoms with Crippen LogP contribution in [0.25, 0.3) is 0 Å². The smallest absolute Gasteiger partial charge is 0.339 e. The first kappa shape index (κ1) is 13.1. The van der Waals surface area contributed by atoms with E-state index < -0.39 is 5.97 Å². The number of hydrogen-bond donors (Lipinski definition) is 2. The van der Waals surface area contributed by atoms with Gasteiger partial charge in [0.2, 0.25) is 0 Å². The minimum atomic E-state index is -0.931. The van der Waals surface area contributed by atoms with E-state index in [0.29, 0.717) is 18.2 Å². The van der Waals surface area contributed by atoms with Crippen molar-refractivity contribution in [3.63, 3.8) is 0 Å². The van der Waals surface area contributed by atoms with Crippen molar-refractivity contribution in [1.29, 1.82) is 0 Å². The summed E-state index contributed by atoms with van der Waals surface area (Å²) < 4.78 is 5.18. The molecule has 0 spiro atoms. The van der Waals surface area contributed by atoms with Crippen molar-refractivity contribution >= 4 is 5.97 Å². The Kier molecular flexibility index (Phi) is 4.38. The van der Waals surface area contributed by atoms with Gasteiger partial charge in [-0.05, 0) is 51.5 Å². The molecule has 0 radical (unpaired) electrons. The highest BCUT2D eigenvalue weighted by Crippen LogP contribution is 2.15. The molecule has 1 aliphatic rings. The minimum Gasteiger partial charge on any atom is -0.478 e. The number of hydrogen-bond acceptors (Lipinski definition) is 4. The first-order chi connectivity index (χ1) is 8.66. The van der Waals surface area contributed by atoms with Crippen LogP contribution < -0.4 is 5.32 Å². The average molecular weight is 252 g/mol. The van der Waals surface area contributed by atoms with Crippen molar-refractivity contribution in [3.8, 4) is 0 Å². The zero-order chi connectivity index (χ0) is 13.0. The maximum absolute atomic E-state index is 10.9. The van der Waals surface area contributed by atoms with E-state index in [1.54, 1.807) is 0 Å². The summed E-state index contributed by atoms with van der Waals surface area (Å²) in [6.07, 6.45) is 3.83. The monoisotopic (exact) mass is 252 g/mol. The highest BCUT2D eigenvalue weighted by molar-refractivity contribution is 5.88. The summed E-state index contributed by atoms with van der Waals surface area (Å²) >= 11 is 0. The Labute approximate surface area is 107 Å². The van der Waals surface area contributed by atoms with Crippen LogP contribution in [0.3, 0.4) is 0 Å². The highest BCUT2D eigenvalue weighted by Gasteiger charge is 2.17. The number of nitrogens with zero attached hydrogens (tertiary/aromatic N) is 1. The van der Waals surface area contributed by atoms with E-state index >= 15 is 0 Å². The van der Waals surface area contributed by atoms with Crippen molar-refractivity contribution in [1.82, 2.24) is 10.2 Å². The molecule has 0 amide bonds. The van der Waals surface area contributed by atoms with Crippen LogP contribution in [0.1, 0.15) is 29.0 Å². The van der Waals surface area contributed by atoms with Crippen LogP contribution in [-0.4, -0.2) is 42.7 Å². The second kappa shape index (κ2) is 6.02. The molecule has 2 rings (SSSR count). The van der Waals surface area contributed by atoms with Gasteiger partial charge in [-0.2, -0.15) is 0 Å². The molecule has 100 valence electrons. The topological polar surface area (TPSA) is 65.7 Å². The molecule has 1 aromatic rings. The Hall–Kier alpha value is -1.33. The molecule has 2 N–H and O–H groups in total. The third-order valence-corrected chi connectivity index (χ3v) is 3.53. The molecule has 1 aliphatic heterocycles. The van der Waals surface area contributed by atoms with E-state index in [4.69, 9.17) is 9.52 Å². The fraction of sp³-hybridized carbons (Fsp3) is 0.615. The summed E-state index contributed by atoms with van der Waals surface area (Å²) in [6, 6.07) is 1.49. The molecule has 1 saturated heterocycles. The van der Waals surface area contributed by atoms with Gasteiger partial charge in [0.15, 0.2) is 0 Å². The van der Waals surface area contributed by atoms with Crippen LogP contribution >= 0.6 is 0 Å². The lowest BCUT2D eigenvalue weighted by molar-refractivity contribution is 0.0694. The third kappa shape index (κ3) is 3.34. The SMILES string of the molecule is CN1CCC(CNCc2occc2C(=O)O)CC1. The molecule has 5 nitrogen and oxygen atoms in total. The van der Waals surface area contributed by atoms with E-state index in [1.165, 1.54) is 25.2 Å². The van der Waals surface area contributed by atoms with Gasteiger partial charge in [0.25, 0.3) is 0 Å². The van der Waals surface area contributed by atoms with E-state index in [1.807, 2.05) is 0 Å². The first-order valence-electron chi connectivity index (χ1n) is 6.35. The number of carboxylic acids is 1. The van der Waals surface area contributed by atoms with Gasteiger partial charge in [-0.15, -0.1) is 0 Å². The number of carboxylic acid groups (broad SMARTS) is 1. The van der Waals surface area contributed by atoms with Crippen molar-refractivity contribution in [2.45, 2.75) is 19.4 Å². The number of aromatic carboxylic acids is 1. The molecule has 2 heterocycles. The predicted octanol–water partition coefficient (Wildman–Crippen LogP) is 1.41. The number of piperidine rings is 1. The van der Waals surface area contributed by atoms with Crippen LogP contribution in [0.4, 0.5) is 0 Å². The van der Waals surface area contributed by atoms with E-state index in [2.05, 4.69) is 17.3 Å². The fourth-order valence-electron chi connectivity index (χ4n) is 2.32. The maximum atomic E-state index is 10.9. The fourth-order valence-corrected chi connectivity index (χ4v) is 2.32. The van der Waals surface area contributed by atoms with Gasteiger partial charge >= 0.3 is 5.97 Å². The van der Waals surface area contributed by atoms with E-state index in [0.717, 1.165) is 19.6 Å². The van der Waals surface area contributed by atoms with Gasteiger partial charge in [0.05, 0.1) is 12.8 Å². The molecule has 1 aromatic heterocycles. The molecule has 0 saturated carbocycles. The summed E-state index contributed by atoms with van der Waals surface area (Å²) in [5.41, 5.74) is 0.255. The highest BCUT2D eigenvalue weighted by atomic mass is 16.4. The van der Waals surface area contributed by atoms with Gasteiger partial charge < -0.3 is 19.7 Å². The normalized spacial score (nSPS) is 18.1. The molecule has 1 fully saturated rings. The lowest BCUT2D eigenvalue weighted by Crippen LogP contribution is -2.34. The average Bonchev–Trinajstić information content (AvgIpc) is 2.80. The molecule has 5 heteroatoms. The standard InChI is InChI=1S/C13H20N2O3/c1-15-5-2-10(3-6-15)8-14-9-12-11(13(16)17)4-7-18-12/h4,7,10,14H,2-3,5-6,8-9H2,1H3,(H,16,17). The van der Waals surface area contributed by atoms with Gasteiger partial charge in [0, 0.05) is 0 Å². The van der Waals surface area contributed by atoms with E-state index in [9.17, 15) is 4.79 Å². The Morgan fingerprint density at radius 3 is 2.94 bits per heavy atom. The molecular formula is C13H20N2O3. The molecule has 0 bridgehead atoms. The quantitative estimate of drug-likeness (QED) is 0.829. The van der Waals surface area contributed by atoms with Crippen LogP contribution in [0.5, 0.6) is 0 Å². The molecule has 0 aromatic carbocycles. The summed E-state index contributed by atoms with van der Waals surface area (Å²) in [5.74, 6) is 0.264. The number of carbonyl (C=O) groups is 1. The summed E-state index contributed by atoms with van der Waals surface area (Å²) in [7, 11) is 2.14. The Morgan fingerprint density at radius 2 is 2.28 bits per heavy atom. The Bertz CT molecular complexity index is 395. The summed E-state index contributed by atoms with van der Waals surface area (Å²) in [5, 5.41) is 12.2. The first-order valence-corrected chi connectivity index (χ1v) is 6.35. The predicted molar refractivity (Wildman–Crippen MR) is 67.6 cm³/mol. The molecule has 18 heavy (non-hydrogen) atoms. The number of furan rings is 1. The lowest BCUT2D eigenvalue weighted by atomic mass is 9.97. The Morgan fingerprint density at radius 1 is 1.56 bits per heavy atom. The van der Waals surface area contributed by atoms with Crippen LogP contribution in [0.2, 0.25) is 0 Å². The third-order valence-electron chi connectivity index (χ3n) is 3.53. The second-order valence-corrected chi connectivity index (χ2v) is 4.94. The van der Waals surface area contributed by atoms with Crippen LogP contribution in [0.15, 0.2) is 16.7 Å². The molecule has 0 aliphatic carbocycles. The largest absolute Gasteiger partial charge is 0.478 e. The Balaban J connectivity index is 1.75. The van der Waals surface area contributed by atoms with E-state index in [-0.39, 0.29) is 5.56 Å². The van der Waals surface area contributed by atoms with Gasteiger partial charge in [0.1, 0.15) is 11.3 Å². The lowest BCUT2D eigenvalue weighted by Gasteiger charge is -2.28. The van der Waals surface area contributed by atoms with Crippen molar-refractivity contribution < 1.29 is 14.3 Å². The van der Waals surface area contributed by atoms with Crippen molar-refractivity contribution in [2.75, 3.05) is 26.7 Å². The summed E-state index contributed by atoms with van der Waals surface area (Å²) in [6.45, 7) is 3.70.